The van der Waals surface area contributed by atoms with Crippen LogP contribution in [-0.4, -0.2) is 47.4 Å². The Hall–Kier alpha value is -2.18. The van der Waals surface area contributed by atoms with Gasteiger partial charge in [-0.25, -0.2) is 0 Å². The van der Waals surface area contributed by atoms with Crippen LogP contribution in [0.25, 0.3) is 0 Å². The van der Waals surface area contributed by atoms with E-state index >= 15 is 0 Å². The zero-order valence-corrected chi connectivity index (χ0v) is 50.3. The third-order valence-electron chi connectivity index (χ3n) is 15.3. The summed E-state index contributed by atoms with van der Waals surface area (Å²) in [6.45, 7) is 4.89. The van der Waals surface area contributed by atoms with Gasteiger partial charge in [0.05, 0.1) is 25.4 Å². The number of allylic oxidation sites excluding steroid dienone is 7. The Morgan fingerprint density at radius 2 is 0.667 bits per heavy atom. The molecule has 0 fully saturated rings. The molecular formula is C69H129NO5. The van der Waals surface area contributed by atoms with Gasteiger partial charge in [0.1, 0.15) is 0 Å². The highest BCUT2D eigenvalue weighted by atomic mass is 16.5. The summed E-state index contributed by atoms with van der Waals surface area (Å²) < 4.78 is 5.48. The fourth-order valence-corrected chi connectivity index (χ4v) is 10.2. The molecule has 0 heterocycles. The van der Waals surface area contributed by atoms with Gasteiger partial charge in [0, 0.05) is 12.8 Å². The van der Waals surface area contributed by atoms with Gasteiger partial charge in [0.2, 0.25) is 5.91 Å². The van der Waals surface area contributed by atoms with Crippen molar-refractivity contribution in [1.82, 2.24) is 5.32 Å². The molecule has 0 saturated heterocycles. The number of nitrogens with one attached hydrogen (secondary N) is 1. The molecule has 0 saturated carbocycles. The molecule has 6 heteroatoms. The van der Waals surface area contributed by atoms with Crippen LogP contribution >= 0.6 is 0 Å². The van der Waals surface area contributed by atoms with E-state index in [4.69, 9.17) is 4.74 Å². The molecule has 3 N–H and O–H groups in total. The second-order valence-corrected chi connectivity index (χ2v) is 22.8. The number of unbranched alkanes of at least 4 members (excludes halogenated alkanes) is 45. The van der Waals surface area contributed by atoms with E-state index in [9.17, 15) is 19.8 Å². The SMILES string of the molecule is CCCCC/C=C\C/C=C\CCCCCCCC(=O)OCCCCCCCCCCCCCC/C=C\CCCCCCCCCCCCCCC(=O)NC(CO)C(O)/C=C/CCCCCCCCCCCCCCC. The van der Waals surface area contributed by atoms with E-state index in [-0.39, 0.29) is 18.5 Å². The number of rotatable bonds is 62. The molecule has 2 unspecified atom stereocenters. The number of carbonyl (C=O) groups excluding carboxylic acids is 2. The molecule has 0 aliphatic heterocycles. The fourth-order valence-electron chi connectivity index (χ4n) is 10.2. The molecular weight excluding hydrogens is 923 g/mol. The first-order valence-electron chi connectivity index (χ1n) is 33.4. The minimum Gasteiger partial charge on any atom is -0.466 e. The highest BCUT2D eigenvalue weighted by molar-refractivity contribution is 5.76. The van der Waals surface area contributed by atoms with Crippen LogP contribution in [0.15, 0.2) is 48.6 Å². The van der Waals surface area contributed by atoms with Gasteiger partial charge >= 0.3 is 5.97 Å². The average Bonchev–Trinajstić information content (AvgIpc) is 3.41. The minimum absolute atomic E-state index is 0.00131. The van der Waals surface area contributed by atoms with E-state index in [2.05, 4.69) is 55.6 Å². The van der Waals surface area contributed by atoms with Gasteiger partial charge in [0.15, 0.2) is 0 Å². The predicted octanol–water partition coefficient (Wildman–Crippen LogP) is 21.3. The van der Waals surface area contributed by atoms with E-state index in [1.807, 2.05) is 6.08 Å². The van der Waals surface area contributed by atoms with Crippen molar-refractivity contribution in [3.8, 4) is 0 Å². The maximum Gasteiger partial charge on any atom is 0.305 e. The molecule has 2 atom stereocenters. The van der Waals surface area contributed by atoms with E-state index < -0.39 is 12.1 Å². The molecule has 75 heavy (non-hydrogen) atoms. The van der Waals surface area contributed by atoms with Crippen molar-refractivity contribution in [3.05, 3.63) is 48.6 Å². The van der Waals surface area contributed by atoms with Crippen molar-refractivity contribution in [2.45, 2.75) is 366 Å². The maximum absolute atomic E-state index is 12.5. The van der Waals surface area contributed by atoms with Gasteiger partial charge in [-0.2, -0.15) is 0 Å². The summed E-state index contributed by atoms with van der Waals surface area (Å²) in [5, 5.41) is 23.1. The number of aliphatic hydroxyl groups excluding tert-OH is 2. The van der Waals surface area contributed by atoms with Gasteiger partial charge < -0.3 is 20.3 Å². The zero-order valence-electron chi connectivity index (χ0n) is 50.3. The van der Waals surface area contributed by atoms with Crippen molar-refractivity contribution >= 4 is 11.9 Å². The number of hydrogen-bond donors (Lipinski definition) is 3. The second kappa shape index (κ2) is 64.3. The van der Waals surface area contributed by atoms with Crippen molar-refractivity contribution in [3.63, 3.8) is 0 Å². The first-order valence-corrected chi connectivity index (χ1v) is 33.4. The van der Waals surface area contributed by atoms with Crippen LogP contribution in [0.1, 0.15) is 354 Å². The van der Waals surface area contributed by atoms with Crippen LogP contribution in [0, 0.1) is 0 Å². The number of amides is 1. The van der Waals surface area contributed by atoms with E-state index in [0.717, 1.165) is 51.4 Å². The number of aliphatic hydroxyl groups is 2. The Bertz CT molecular complexity index is 1260. The standard InChI is InChI=1S/C69H129NO5/c1-3-5-7-9-11-13-15-17-33-37-41-45-49-53-57-61-67(72)66(65-71)70-68(73)62-58-54-50-46-42-38-35-31-29-27-25-23-21-19-20-22-24-26-28-30-32-36-40-44-48-52-56-60-64-75-69(74)63-59-55-51-47-43-39-34-18-16-14-12-10-8-6-4-2/h12,14,18-20,34,57,61,66-67,71-72H,3-11,13,15-17,21-33,35-56,58-60,62-65H2,1-2H3,(H,70,73)/b14-12-,20-19-,34-18-,61-57+. The molecule has 0 aromatic heterocycles. The Morgan fingerprint density at radius 1 is 0.373 bits per heavy atom. The lowest BCUT2D eigenvalue weighted by Crippen LogP contribution is -2.45. The predicted molar refractivity (Wildman–Crippen MR) is 329 cm³/mol. The topological polar surface area (TPSA) is 95.9 Å². The number of hydrogen-bond acceptors (Lipinski definition) is 5. The molecule has 6 nitrogen and oxygen atoms in total. The summed E-state index contributed by atoms with van der Waals surface area (Å²) in [4.78, 5) is 24.5. The van der Waals surface area contributed by atoms with Crippen molar-refractivity contribution < 1.29 is 24.5 Å². The molecule has 1 amide bonds. The van der Waals surface area contributed by atoms with Crippen molar-refractivity contribution in [2.24, 2.45) is 0 Å². The summed E-state index contributed by atoms with van der Waals surface area (Å²) in [5.74, 6) is -0.0655. The summed E-state index contributed by atoms with van der Waals surface area (Å²) >= 11 is 0. The van der Waals surface area contributed by atoms with Gasteiger partial charge in [-0.05, 0) is 89.9 Å². The highest BCUT2D eigenvalue weighted by Gasteiger charge is 2.18. The molecule has 0 spiro atoms. The van der Waals surface area contributed by atoms with E-state index in [1.165, 1.54) is 276 Å². The average molecular weight is 1050 g/mol. The molecule has 0 bridgehead atoms. The summed E-state index contributed by atoms with van der Waals surface area (Å²) in [5.41, 5.74) is 0. The third-order valence-corrected chi connectivity index (χ3v) is 15.3. The van der Waals surface area contributed by atoms with Crippen molar-refractivity contribution in [2.75, 3.05) is 13.2 Å². The molecule has 0 radical (unpaired) electrons. The lowest BCUT2D eigenvalue weighted by molar-refractivity contribution is -0.143. The lowest BCUT2D eigenvalue weighted by Gasteiger charge is -2.20. The largest absolute Gasteiger partial charge is 0.466 e. The van der Waals surface area contributed by atoms with Crippen molar-refractivity contribution in [1.29, 1.82) is 0 Å². The molecule has 0 aliphatic rings. The molecule has 0 rings (SSSR count). The lowest BCUT2D eigenvalue weighted by atomic mass is 10.0. The summed E-state index contributed by atoms with van der Waals surface area (Å²) in [7, 11) is 0. The van der Waals surface area contributed by atoms with Crippen LogP contribution in [0.3, 0.4) is 0 Å². The van der Waals surface area contributed by atoms with Gasteiger partial charge in [-0.15, -0.1) is 0 Å². The summed E-state index contributed by atoms with van der Waals surface area (Å²) in [6, 6.07) is -0.628. The summed E-state index contributed by atoms with van der Waals surface area (Å²) in [6.07, 6.45) is 83.1. The fraction of sp³-hybridized carbons (Fsp3) is 0.855. The monoisotopic (exact) mass is 1050 g/mol. The van der Waals surface area contributed by atoms with Crippen LogP contribution < -0.4 is 5.32 Å². The van der Waals surface area contributed by atoms with E-state index in [0.29, 0.717) is 19.4 Å². The Morgan fingerprint density at radius 3 is 1.05 bits per heavy atom. The second-order valence-electron chi connectivity index (χ2n) is 22.8. The number of esters is 1. The zero-order chi connectivity index (χ0) is 54.3. The van der Waals surface area contributed by atoms with Crippen LogP contribution in [-0.2, 0) is 14.3 Å². The van der Waals surface area contributed by atoms with Crippen LogP contribution in [0.2, 0.25) is 0 Å². The quantitative estimate of drug-likeness (QED) is 0.0320. The first-order chi connectivity index (χ1) is 37.0. The Balaban J connectivity index is 3.40. The van der Waals surface area contributed by atoms with Gasteiger partial charge in [0.25, 0.3) is 0 Å². The molecule has 440 valence electrons. The third kappa shape index (κ3) is 60.9. The Labute approximate surface area is 467 Å². The number of carbonyl (C=O) groups is 2. The molecule has 0 aromatic carbocycles. The first kappa shape index (κ1) is 72.8. The van der Waals surface area contributed by atoms with E-state index in [1.54, 1.807) is 6.08 Å². The Kier molecular flexibility index (Phi) is 62.5. The molecule has 0 aliphatic carbocycles. The van der Waals surface area contributed by atoms with Gasteiger partial charge in [-0.3, -0.25) is 9.59 Å². The highest BCUT2D eigenvalue weighted by Crippen LogP contribution is 2.17. The normalized spacial score (nSPS) is 12.9. The smallest absolute Gasteiger partial charge is 0.305 e. The maximum atomic E-state index is 12.5. The van der Waals surface area contributed by atoms with Crippen LogP contribution in [0.4, 0.5) is 0 Å². The number of ether oxygens (including phenoxy) is 1. The minimum atomic E-state index is -0.845. The molecule has 0 aromatic rings. The van der Waals surface area contributed by atoms with Crippen LogP contribution in [0.5, 0.6) is 0 Å². The van der Waals surface area contributed by atoms with Gasteiger partial charge in [-0.1, -0.05) is 300 Å².